The molecule has 0 saturated carbocycles. The Kier molecular flexibility index (Phi) is 5.34. The lowest BCUT2D eigenvalue weighted by molar-refractivity contribution is 0.0954. The van der Waals surface area contributed by atoms with E-state index in [9.17, 15) is 4.79 Å². The van der Waals surface area contributed by atoms with Gasteiger partial charge in [-0.15, -0.1) is 0 Å². The zero-order valence-corrected chi connectivity index (χ0v) is 15.2. The van der Waals surface area contributed by atoms with Crippen molar-refractivity contribution in [1.82, 2.24) is 10.3 Å². The summed E-state index contributed by atoms with van der Waals surface area (Å²) in [5.74, 6) is -0.0419. The molecule has 0 aliphatic rings. The zero-order chi connectivity index (χ0) is 17.8. The highest BCUT2D eigenvalue weighted by atomic mass is 35.5. The number of nitrogens with one attached hydrogen (secondary N) is 1. The summed E-state index contributed by atoms with van der Waals surface area (Å²) >= 11 is 6.00. The molecular weight excluding hydrogens is 332 g/mol. The van der Waals surface area contributed by atoms with E-state index >= 15 is 0 Å². The van der Waals surface area contributed by atoms with E-state index in [-0.39, 0.29) is 5.91 Å². The fourth-order valence-electron chi connectivity index (χ4n) is 2.96. The number of benzene rings is 2. The van der Waals surface area contributed by atoms with E-state index < -0.39 is 0 Å². The number of hydrogen-bond donors (Lipinski definition) is 1. The number of fused-ring (bicyclic) bond motifs is 1. The van der Waals surface area contributed by atoms with Gasteiger partial charge < -0.3 is 5.32 Å². The quantitative estimate of drug-likeness (QED) is 0.625. The highest BCUT2D eigenvalue weighted by Gasteiger charge is 2.18. The second-order valence-electron chi connectivity index (χ2n) is 6.09. The van der Waals surface area contributed by atoms with Crippen molar-refractivity contribution >= 4 is 28.4 Å². The number of rotatable bonds is 5. The van der Waals surface area contributed by atoms with E-state index in [0.29, 0.717) is 17.1 Å². The lowest BCUT2D eigenvalue weighted by atomic mass is 9.97. The predicted molar refractivity (Wildman–Crippen MR) is 104 cm³/mol. The molecule has 3 aromatic rings. The van der Waals surface area contributed by atoms with Gasteiger partial charge in [0.25, 0.3) is 5.91 Å². The van der Waals surface area contributed by atoms with Crippen LogP contribution in [0.2, 0.25) is 5.02 Å². The average molecular weight is 353 g/mol. The van der Waals surface area contributed by atoms with Crippen molar-refractivity contribution in [3.63, 3.8) is 0 Å². The van der Waals surface area contributed by atoms with Gasteiger partial charge in [0, 0.05) is 22.5 Å². The van der Waals surface area contributed by atoms with E-state index in [0.717, 1.165) is 40.6 Å². The van der Waals surface area contributed by atoms with Crippen LogP contribution in [0.1, 0.15) is 35.7 Å². The van der Waals surface area contributed by atoms with Crippen molar-refractivity contribution in [3.8, 4) is 11.3 Å². The molecule has 1 amide bonds. The smallest absolute Gasteiger partial charge is 0.252 e. The maximum Gasteiger partial charge on any atom is 0.252 e. The third-order valence-electron chi connectivity index (χ3n) is 4.30. The van der Waals surface area contributed by atoms with Crippen LogP contribution >= 0.6 is 11.6 Å². The monoisotopic (exact) mass is 352 g/mol. The van der Waals surface area contributed by atoms with Gasteiger partial charge in [0.2, 0.25) is 0 Å². The molecule has 0 saturated heterocycles. The first-order valence-corrected chi connectivity index (χ1v) is 8.93. The van der Waals surface area contributed by atoms with Crippen LogP contribution in [0.3, 0.4) is 0 Å². The number of unbranched alkanes of at least 4 members (excludes halogenated alkanes) is 1. The van der Waals surface area contributed by atoms with Gasteiger partial charge in [-0.25, -0.2) is 4.98 Å². The molecule has 0 fully saturated rings. The Balaban J connectivity index is 2.15. The molecule has 0 radical (unpaired) electrons. The molecule has 0 aliphatic heterocycles. The van der Waals surface area contributed by atoms with E-state index in [4.69, 9.17) is 16.6 Å². The van der Waals surface area contributed by atoms with Crippen LogP contribution in [0.15, 0.2) is 48.5 Å². The Labute approximate surface area is 153 Å². The third kappa shape index (κ3) is 3.67. The van der Waals surface area contributed by atoms with Crippen molar-refractivity contribution < 1.29 is 4.79 Å². The number of para-hydroxylation sites is 1. The normalized spacial score (nSPS) is 10.8. The number of carbonyl (C=O) groups excluding carboxylic acids is 1. The molecule has 3 rings (SSSR count). The molecular formula is C21H21ClN2O. The zero-order valence-electron chi connectivity index (χ0n) is 14.5. The van der Waals surface area contributed by atoms with Crippen LogP contribution in [-0.4, -0.2) is 17.4 Å². The number of nitrogens with zero attached hydrogens (tertiary/aromatic N) is 1. The lowest BCUT2D eigenvalue weighted by Gasteiger charge is -2.15. The first-order chi connectivity index (χ1) is 12.1. The van der Waals surface area contributed by atoms with E-state index in [1.54, 1.807) is 0 Å². The highest BCUT2D eigenvalue weighted by Crippen LogP contribution is 2.30. The summed E-state index contributed by atoms with van der Waals surface area (Å²) in [7, 11) is 0. The van der Waals surface area contributed by atoms with Crippen molar-refractivity contribution in [2.45, 2.75) is 26.7 Å². The molecule has 1 heterocycles. The summed E-state index contributed by atoms with van der Waals surface area (Å²) in [6.07, 6.45) is 2.02. The molecule has 128 valence electrons. The molecule has 4 heteroatoms. The number of aromatic nitrogens is 1. The number of carbonyl (C=O) groups is 1. The summed E-state index contributed by atoms with van der Waals surface area (Å²) in [4.78, 5) is 17.6. The molecule has 0 atom stereocenters. The SMILES string of the molecule is CCCCNC(=O)c1c(C)c(-c2ccc(Cl)cc2)nc2ccccc12. The predicted octanol–water partition coefficient (Wildman–Crippen LogP) is 5.39. The van der Waals surface area contributed by atoms with Crippen LogP contribution in [0.4, 0.5) is 0 Å². The van der Waals surface area contributed by atoms with Gasteiger partial charge in [0.05, 0.1) is 16.8 Å². The standard InChI is InChI=1S/C21H21ClN2O/c1-3-4-13-23-21(25)19-14(2)20(15-9-11-16(22)12-10-15)24-18-8-6-5-7-17(18)19/h5-12H,3-4,13H2,1-2H3,(H,23,25). The van der Waals surface area contributed by atoms with Crippen LogP contribution in [-0.2, 0) is 0 Å². The fraction of sp³-hybridized carbons (Fsp3) is 0.238. The van der Waals surface area contributed by atoms with Gasteiger partial charge in [-0.05, 0) is 37.1 Å². The van der Waals surface area contributed by atoms with E-state index in [1.807, 2.05) is 55.5 Å². The summed E-state index contributed by atoms with van der Waals surface area (Å²) in [5, 5.41) is 4.59. The molecule has 0 aliphatic carbocycles. The van der Waals surface area contributed by atoms with Gasteiger partial charge >= 0.3 is 0 Å². The first-order valence-electron chi connectivity index (χ1n) is 8.55. The summed E-state index contributed by atoms with van der Waals surface area (Å²) in [5.41, 5.74) is 4.17. The minimum absolute atomic E-state index is 0.0419. The number of hydrogen-bond acceptors (Lipinski definition) is 2. The average Bonchev–Trinajstić information content (AvgIpc) is 2.62. The maximum atomic E-state index is 12.8. The molecule has 1 aromatic heterocycles. The van der Waals surface area contributed by atoms with Crippen molar-refractivity contribution in [1.29, 1.82) is 0 Å². The van der Waals surface area contributed by atoms with E-state index in [2.05, 4.69) is 12.2 Å². The maximum absolute atomic E-state index is 12.8. The van der Waals surface area contributed by atoms with Gasteiger partial charge in [-0.3, -0.25) is 4.79 Å². The Morgan fingerprint density at radius 3 is 2.56 bits per heavy atom. The first kappa shape index (κ1) is 17.4. The molecule has 0 spiro atoms. The molecule has 2 aromatic carbocycles. The van der Waals surface area contributed by atoms with Gasteiger partial charge in [-0.2, -0.15) is 0 Å². The van der Waals surface area contributed by atoms with Crippen molar-refractivity contribution in [2.24, 2.45) is 0 Å². The Bertz CT molecular complexity index is 904. The lowest BCUT2D eigenvalue weighted by Crippen LogP contribution is -2.25. The van der Waals surface area contributed by atoms with Gasteiger partial charge in [-0.1, -0.05) is 55.3 Å². The minimum Gasteiger partial charge on any atom is -0.352 e. The molecule has 1 N–H and O–H groups in total. The Morgan fingerprint density at radius 2 is 1.84 bits per heavy atom. The third-order valence-corrected chi connectivity index (χ3v) is 4.55. The Hall–Kier alpha value is -2.39. The number of halogens is 1. The van der Waals surface area contributed by atoms with Crippen LogP contribution in [0.25, 0.3) is 22.2 Å². The summed E-state index contributed by atoms with van der Waals surface area (Å²) < 4.78 is 0. The number of amides is 1. The van der Waals surface area contributed by atoms with Gasteiger partial charge in [0.1, 0.15) is 0 Å². The summed E-state index contributed by atoms with van der Waals surface area (Å²) in [6.45, 7) is 4.75. The highest BCUT2D eigenvalue weighted by molar-refractivity contribution is 6.30. The second kappa shape index (κ2) is 7.66. The van der Waals surface area contributed by atoms with Crippen LogP contribution in [0, 0.1) is 6.92 Å². The van der Waals surface area contributed by atoms with Crippen molar-refractivity contribution in [2.75, 3.05) is 6.54 Å². The molecule has 0 bridgehead atoms. The molecule has 3 nitrogen and oxygen atoms in total. The fourth-order valence-corrected chi connectivity index (χ4v) is 3.08. The number of pyridine rings is 1. The second-order valence-corrected chi connectivity index (χ2v) is 6.53. The molecule has 0 unspecified atom stereocenters. The largest absolute Gasteiger partial charge is 0.352 e. The molecule has 25 heavy (non-hydrogen) atoms. The summed E-state index contributed by atoms with van der Waals surface area (Å²) in [6, 6.07) is 15.3. The topological polar surface area (TPSA) is 42.0 Å². The van der Waals surface area contributed by atoms with Gasteiger partial charge in [0.15, 0.2) is 0 Å². The van der Waals surface area contributed by atoms with Crippen LogP contribution in [0.5, 0.6) is 0 Å². The van der Waals surface area contributed by atoms with E-state index in [1.165, 1.54) is 0 Å². The van der Waals surface area contributed by atoms with Crippen molar-refractivity contribution in [3.05, 3.63) is 64.7 Å². The minimum atomic E-state index is -0.0419. The van der Waals surface area contributed by atoms with Crippen LogP contribution < -0.4 is 5.32 Å². The Morgan fingerprint density at radius 1 is 1.12 bits per heavy atom.